The monoisotopic (exact) mass is 313 g/mol. The number of aromatic nitrogens is 1. The normalized spacial score (nSPS) is 19.9. The molecule has 0 saturated carbocycles. The Balaban J connectivity index is 1.83. The van der Waals surface area contributed by atoms with Crippen molar-refractivity contribution in [1.29, 1.82) is 0 Å². The first-order valence-corrected chi connectivity index (χ1v) is 8.26. The third-order valence-electron chi connectivity index (χ3n) is 5.16. The van der Waals surface area contributed by atoms with Crippen LogP contribution in [-0.4, -0.2) is 17.6 Å². The van der Waals surface area contributed by atoms with Crippen molar-refractivity contribution in [3.05, 3.63) is 41.3 Å². The minimum Gasteiger partial charge on any atom is -0.469 e. The number of aryl methyl sites for hydroxylation is 1. The number of fused-ring (bicyclic) bond motifs is 3. The van der Waals surface area contributed by atoms with Gasteiger partial charge in [-0.2, -0.15) is 0 Å². The lowest BCUT2D eigenvalue weighted by molar-refractivity contribution is -0.141. The van der Waals surface area contributed by atoms with Crippen LogP contribution in [-0.2, 0) is 16.1 Å². The van der Waals surface area contributed by atoms with Crippen LogP contribution in [0.3, 0.4) is 0 Å². The van der Waals surface area contributed by atoms with Crippen molar-refractivity contribution in [2.24, 2.45) is 0 Å². The standard InChI is InChI=1S/C19H20FNO2/c1-23-19(22)8-13-6-7-21-17(13)11-16-15(12-4-2-3-5-12)9-14(20)10-18(16)21/h4,9-11,13H,2-3,5-8H2,1H3. The van der Waals surface area contributed by atoms with Crippen molar-refractivity contribution in [2.45, 2.75) is 44.6 Å². The van der Waals surface area contributed by atoms with Gasteiger partial charge in [-0.25, -0.2) is 4.39 Å². The summed E-state index contributed by atoms with van der Waals surface area (Å²) >= 11 is 0. The molecule has 2 aliphatic rings. The summed E-state index contributed by atoms with van der Waals surface area (Å²) in [5, 5.41) is 1.11. The molecule has 0 bridgehead atoms. The molecule has 1 aliphatic carbocycles. The molecule has 0 fully saturated rings. The van der Waals surface area contributed by atoms with Gasteiger partial charge >= 0.3 is 5.97 Å². The third kappa shape index (κ3) is 2.37. The molecule has 0 radical (unpaired) electrons. The highest BCUT2D eigenvalue weighted by molar-refractivity contribution is 5.94. The zero-order chi connectivity index (χ0) is 16.0. The highest BCUT2D eigenvalue weighted by Crippen LogP contribution is 2.40. The largest absolute Gasteiger partial charge is 0.469 e. The molecule has 1 aromatic heterocycles. The summed E-state index contributed by atoms with van der Waals surface area (Å²) in [7, 11) is 1.42. The Morgan fingerprint density at radius 2 is 2.26 bits per heavy atom. The Hall–Kier alpha value is -2.10. The Labute approximate surface area is 134 Å². The third-order valence-corrected chi connectivity index (χ3v) is 5.16. The van der Waals surface area contributed by atoms with Crippen molar-refractivity contribution < 1.29 is 13.9 Å². The van der Waals surface area contributed by atoms with Crippen LogP contribution in [0.5, 0.6) is 0 Å². The van der Waals surface area contributed by atoms with E-state index in [-0.39, 0.29) is 17.7 Å². The van der Waals surface area contributed by atoms with E-state index in [4.69, 9.17) is 4.74 Å². The summed E-state index contributed by atoms with van der Waals surface area (Å²) in [4.78, 5) is 11.6. The van der Waals surface area contributed by atoms with Crippen molar-refractivity contribution in [2.75, 3.05) is 7.11 Å². The number of allylic oxidation sites excluding steroid dienone is 2. The van der Waals surface area contributed by atoms with E-state index in [2.05, 4.69) is 16.7 Å². The first-order chi connectivity index (χ1) is 11.2. The van der Waals surface area contributed by atoms with Crippen molar-refractivity contribution >= 4 is 22.4 Å². The van der Waals surface area contributed by atoms with E-state index in [1.54, 1.807) is 12.1 Å². The van der Waals surface area contributed by atoms with Gasteiger partial charge in [-0.3, -0.25) is 4.79 Å². The van der Waals surface area contributed by atoms with Crippen LogP contribution < -0.4 is 0 Å². The number of methoxy groups -OCH3 is 1. The van der Waals surface area contributed by atoms with Gasteiger partial charge in [0, 0.05) is 23.5 Å². The lowest BCUT2D eigenvalue weighted by Crippen LogP contribution is -2.06. The lowest BCUT2D eigenvalue weighted by atomic mass is 9.97. The first kappa shape index (κ1) is 14.5. The van der Waals surface area contributed by atoms with Crippen LogP contribution in [0.2, 0.25) is 0 Å². The zero-order valence-corrected chi connectivity index (χ0v) is 13.3. The minimum absolute atomic E-state index is 0.170. The highest BCUT2D eigenvalue weighted by atomic mass is 19.1. The van der Waals surface area contributed by atoms with Crippen molar-refractivity contribution in [3.63, 3.8) is 0 Å². The zero-order valence-electron chi connectivity index (χ0n) is 13.3. The van der Waals surface area contributed by atoms with Gasteiger partial charge in [0.1, 0.15) is 5.82 Å². The molecule has 3 nitrogen and oxygen atoms in total. The number of halogens is 1. The average Bonchev–Trinajstić information content (AvgIpc) is 3.24. The predicted octanol–water partition coefficient (Wildman–Crippen LogP) is 4.40. The van der Waals surface area contributed by atoms with Crippen molar-refractivity contribution in [3.8, 4) is 0 Å². The molecule has 4 heteroatoms. The molecule has 1 unspecified atom stereocenters. The predicted molar refractivity (Wildman–Crippen MR) is 87.7 cm³/mol. The molecule has 2 heterocycles. The van der Waals surface area contributed by atoms with Gasteiger partial charge in [-0.1, -0.05) is 6.08 Å². The Morgan fingerprint density at radius 3 is 3.00 bits per heavy atom. The van der Waals surface area contributed by atoms with Gasteiger partial charge in [0.2, 0.25) is 0 Å². The molecular weight excluding hydrogens is 293 g/mol. The molecule has 0 amide bonds. The topological polar surface area (TPSA) is 31.2 Å². The Morgan fingerprint density at radius 1 is 1.39 bits per heavy atom. The van der Waals surface area contributed by atoms with E-state index in [9.17, 15) is 9.18 Å². The smallest absolute Gasteiger partial charge is 0.306 e. The molecule has 1 atom stereocenters. The van der Waals surface area contributed by atoms with Gasteiger partial charge in [0.25, 0.3) is 0 Å². The first-order valence-electron chi connectivity index (χ1n) is 8.26. The van der Waals surface area contributed by atoms with Gasteiger partial charge in [-0.05, 0) is 55.0 Å². The Bertz CT molecular complexity index is 818. The van der Waals surface area contributed by atoms with E-state index in [0.717, 1.165) is 54.4 Å². The average molecular weight is 313 g/mol. The number of carbonyl (C=O) groups excluding carboxylic acids is 1. The lowest BCUT2D eigenvalue weighted by Gasteiger charge is -2.07. The van der Waals surface area contributed by atoms with E-state index in [1.165, 1.54) is 12.7 Å². The number of rotatable bonds is 3. The van der Waals surface area contributed by atoms with Gasteiger partial charge in [-0.15, -0.1) is 0 Å². The highest BCUT2D eigenvalue weighted by Gasteiger charge is 2.28. The number of esters is 1. The van der Waals surface area contributed by atoms with Crippen LogP contribution in [0, 0.1) is 5.82 Å². The number of hydrogen-bond acceptors (Lipinski definition) is 2. The maximum absolute atomic E-state index is 14.1. The minimum atomic E-state index is -0.183. The second kappa shape index (κ2) is 5.52. The fraction of sp³-hybridized carbons (Fsp3) is 0.421. The van der Waals surface area contributed by atoms with Gasteiger partial charge in [0.15, 0.2) is 0 Å². The number of carbonyl (C=O) groups is 1. The van der Waals surface area contributed by atoms with Crippen LogP contribution in [0.1, 0.15) is 49.3 Å². The number of benzene rings is 1. The van der Waals surface area contributed by atoms with Crippen LogP contribution in [0.4, 0.5) is 4.39 Å². The quantitative estimate of drug-likeness (QED) is 0.787. The summed E-state index contributed by atoms with van der Waals surface area (Å²) in [6, 6.07) is 5.44. The summed E-state index contributed by atoms with van der Waals surface area (Å²) in [5.41, 5.74) is 4.37. The molecule has 120 valence electrons. The number of nitrogens with zero attached hydrogens (tertiary/aromatic N) is 1. The fourth-order valence-corrected chi connectivity index (χ4v) is 4.04. The molecule has 0 N–H and O–H groups in total. The summed E-state index contributed by atoms with van der Waals surface area (Å²) in [6.07, 6.45) is 6.77. The summed E-state index contributed by atoms with van der Waals surface area (Å²) < 4.78 is 21.1. The maximum Gasteiger partial charge on any atom is 0.306 e. The molecule has 2 aromatic rings. The van der Waals surface area contributed by atoms with Gasteiger partial charge < -0.3 is 9.30 Å². The number of ether oxygens (including phenoxy) is 1. The van der Waals surface area contributed by atoms with Crippen LogP contribution >= 0.6 is 0 Å². The molecule has 0 spiro atoms. The van der Waals surface area contributed by atoms with Crippen LogP contribution in [0.25, 0.3) is 16.5 Å². The summed E-state index contributed by atoms with van der Waals surface area (Å²) in [6.45, 7) is 0.836. The summed E-state index contributed by atoms with van der Waals surface area (Å²) in [5.74, 6) is -0.195. The second-order valence-electron chi connectivity index (χ2n) is 6.49. The molecule has 0 saturated heterocycles. The fourth-order valence-electron chi connectivity index (χ4n) is 4.04. The van der Waals surface area contributed by atoms with Crippen molar-refractivity contribution in [1.82, 2.24) is 4.57 Å². The van der Waals surface area contributed by atoms with E-state index >= 15 is 0 Å². The molecular formula is C19H20FNO2. The molecule has 1 aliphatic heterocycles. The Kier molecular flexibility index (Phi) is 3.47. The van der Waals surface area contributed by atoms with E-state index in [1.807, 2.05) is 0 Å². The second-order valence-corrected chi connectivity index (χ2v) is 6.49. The van der Waals surface area contributed by atoms with Gasteiger partial charge in [0.05, 0.1) is 19.0 Å². The molecule has 1 aromatic carbocycles. The van der Waals surface area contributed by atoms with Crippen LogP contribution in [0.15, 0.2) is 24.3 Å². The SMILES string of the molecule is COC(=O)CC1CCn2c1cc1c(C3=CCCC3)cc(F)cc12. The molecule has 4 rings (SSSR count). The van der Waals surface area contributed by atoms with E-state index in [0.29, 0.717) is 6.42 Å². The number of hydrogen-bond donors (Lipinski definition) is 0. The molecule has 23 heavy (non-hydrogen) atoms. The maximum atomic E-state index is 14.1. The van der Waals surface area contributed by atoms with E-state index < -0.39 is 0 Å².